The molecule has 2 aliphatic rings. The number of hydrogen-bond acceptors (Lipinski definition) is 4. The van der Waals surface area contributed by atoms with Gasteiger partial charge in [0.25, 0.3) is 0 Å². The third kappa shape index (κ3) is 3.43. The number of nitrogens with zero attached hydrogens (tertiary/aromatic N) is 4. The fraction of sp³-hybridized carbons (Fsp3) is 0.455. The number of benzene rings is 1. The first-order valence-corrected chi connectivity index (χ1v) is 10.7. The minimum atomic E-state index is 0.517. The van der Waals surface area contributed by atoms with Gasteiger partial charge < -0.3 is 9.88 Å². The Hall–Kier alpha value is -1.95. The number of para-hydroxylation sites is 2. The molecule has 4 heterocycles. The fourth-order valence-corrected chi connectivity index (χ4v) is 4.90. The third-order valence-corrected chi connectivity index (χ3v) is 6.54. The number of aromatic nitrogens is 3. The van der Waals surface area contributed by atoms with Crippen molar-refractivity contribution >= 4 is 22.6 Å². The Morgan fingerprint density at radius 1 is 1.07 bits per heavy atom. The second-order valence-electron chi connectivity index (χ2n) is 7.98. The van der Waals surface area contributed by atoms with Crippen LogP contribution in [0, 0.1) is 0 Å². The average molecular weight is 396 g/mol. The quantitative estimate of drug-likeness (QED) is 0.678. The number of piperidine rings is 1. The van der Waals surface area contributed by atoms with E-state index in [0.29, 0.717) is 17.1 Å². The van der Waals surface area contributed by atoms with Crippen LogP contribution < -0.4 is 5.32 Å². The smallest absolute Gasteiger partial charge is 0.133 e. The van der Waals surface area contributed by atoms with Gasteiger partial charge >= 0.3 is 0 Å². The Morgan fingerprint density at radius 3 is 2.71 bits per heavy atom. The number of pyridine rings is 1. The van der Waals surface area contributed by atoms with Crippen LogP contribution in [0.25, 0.3) is 11.0 Å². The zero-order valence-electron chi connectivity index (χ0n) is 16.0. The van der Waals surface area contributed by atoms with Crippen molar-refractivity contribution in [1.29, 1.82) is 0 Å². The summed E-state index contributed by atoms with van der Waals surface area (Å²) in [4.78, 5) is 11.8. The van der Waals surface area contributed by atoms with Crippen molar-refractivity contribution in [2.24, 2.45) is 0 Å². The minimum absolute atomic E-state index is 0.517. The molecule has 0 amide bonds. The van der Waals surface area contributed by atoms with Gasteiger partial charge in [-0.05, 0) is 44.0 Å². The molecule has 5 rings (SSSR count). The summed E-state index contributed by atoms with van der Waals surface area (Å²) in [7, 11) is 0. The number of likely N-dealkylation sites (tertiary alicyclic amines) is 1. The van der Waals surface area contributed by atoms with Crippen LogP contribution in [0.5, 0.6) is 0 Å². The number of halogens is 1. The standard InChI is InChI=1S/C22H26ClN5/c23-21-17(4-3-10-25-21)15-27-12-8-18(9-13-27)28-20-6-2-1-5-19(20)26-22(28)16-7-11-24-14-16/h1-6,10,16,18,24H,7-9,11-15H2/t16-/m1/s1. The van der Waals surface area contributed by atoms with E-state index in [0.717, 1.165) is 56.6 Å². The molecule has 0 spiro atoms. The Morgan fingerprint density at radius 2 is 1.93 bits per heavy atom. The summed E-state index contributed by atoms with van der Waals surface area (Å²) >= 11 is 6.26. The van der Waals surface area contributed by atoms with Crippen molar-refractivity contribution in [2.45, 2.75) is 37.8 Å². The second kappa shape index (κ2) is 7.82. The van der Waals surface area contributed by atoms with Crippen LogP contribution in [-0.2, 0) is 6.54 Å². The summed E-state index contributed by atoms with van der Waals surface area (Å²) in [6.45, 7) is 5.17. The first-order chi connectivity index (χ1) is 13.8. The predicted molar refractivity (Wildman–Crippen MR) is 113 cm³/mol. The molecule has 1 atom stereocenters. The molecule has 2 aromatic heterocycles. The molecular weight excluding hydrogens is 370 g/mol. The van der Waals surface area contributed by atoms with Crippen molar-refractivity contribution in [3.8, 4) is 0 Å². The number of imidazole rings is 1. The predicted octanol–water partition coefficient (Wildman–Crippen LogP) is 4.00. The van der Waals surface area contributed by atoms with E-state index in [1.165, 1.54) is 17.8 Å². The van der Waals surface area contributed by atoms with Gasteiger partial charge in [-0.25, -0.2) is 9.97 Å². The summed E-state index contributed by atoms with van der Waals surface area (Å²) in [5.41, 5.74) is 3.54. The molecule has 3 aromatic rings. The van der Waals surface area contributed by atoms with E-state index in [1.54, 1.807) is 6.20 Å². The second-order valence-corrected chi connectivity index (χ2v) is 8.34. The normalized spacial score (nSPS) is 21.5. The zero-order valence-corrected chi connectivity index (χ0v) is 16.8. The van der Waals surface area contributed by atoms with Crippen LogP contribution in [-0.4, -0.2) is 45.6 Å². The first kappa shape index (κ1) is 18.1. The van der Waals surface area contributed by atoms with E-state index >= 15 is 0 Å². The van der Waals surface area contributed by atoms with Crippen molar-refractivity contribution in [2.75, 3.05) is 26.2 Å². The highest BCUT2D eigenvalue weighted by Crippen LogP contribution is 2.34. The van der Waals surface area contributed by atoms with E-state index < -0.39 is 0 Å². The Bertz CT molecular complexity index is 954. The van der Waals surface area contributed by atoms with Gasteiger partial charge in [-0.2, -0.15) is 0 Å². The van der Waals surface area contributed by atoms with Crippen molar-refractivity contribution in [1.82, 2.24) is 24.8 Å². The van der Waals surface area contributed by atoms with Gasteiger partial charge in [0.05, 0.1) is 11.0 Å². The first-order valence-electron chi connectivity index (χ1n) is 10.3. The van der Waals surface area contributed by atoms with Gasteiger partial charge in [-0.3, -0.25) is 4.90 Å². The van der Waals surface area contributed by atoms with Crippen LogP contribution in [0.1, 0.15) is 42.6 Å². The summed E-state index contributed by atoms with van der Waals surface area (Å²) in [6, 6.07) is 13.2. The van der Waals surface area contributed by atoms with Crippen LogP contribution >= 0.6 is 11.6 Å². The lowest BCUT2D eigenvalue weighted by atomic mass is 10.0. The maximum Gasteiger partial charge on any atom is 0.133 e. The monoisotopic (exact) mass is 395 g/mol. The molecule has 1 aromatic carbocycles. The van der Waals surface area contributed by atoms with Crippen LogP contribution in [0.2, 0.25) is 5.15 Å². The van der Waals surface area contributed by atoms with Gasteiger partial charge in [0.1, 0.15) is 11.0 Å². The minimum Gasteiger partial charge on any atom is -0.324 e. The van der Waals surface area contributed by atoms with Gasteiger partial charge in [0, 0.05) is 49.9 Å². The van der Waals surface area contributed by atoms with E-state index in [9.17, 15) is 0 Å². The van der Waals surface area contributed by atoms with Crippen molar-refractivity contribution < 1.29 is 0 Å². The molecule has 146 valence electrons. The molecule has 2 aliphatic heterocycles. The molecule has 0 unspecified atom stereocenters. The van der Waals surface area contributed by atoms with E-state index in [-0.39, 0.29) is 0 Å². The number of fused-ring (bicyclic) bond motifs is 1. The molecule has 0 bridgehead atoms. The van der Waals surface area contributed by atoms with Gasteiger partial charge in [-0.1, -0.05) is 29.8 Å². The molecule has 1 N–H and O–H groups in total. The molecule has 2 fully saturated rings. The lowest BCUT2D eigenvalue weighted by Gasteiger charge is -2.34. The van der Waals surface area contributed by atoms with Gasteiger partial charge in [0.2, 0.25) is 0 Å². The molecular formula is C22H26ClN5. The maximum absolute atomic E-state index is 6.26. The Labute approximate surface area is 170 Å². The van der Waals surface area contributed by atoms with Gasteiger partial charge in [0.15, 0.2) is 0 Å². The molecule has 6 heteroatoms. The third-order valence-electron chi connectivity index (χ3n) is 6.20. The fourth-order valence-electron chi connectivity index (χ4n) is 4.72. The molecule has 5 nitrogen and oxygen atoms in total. The number of rotatable bonds is 4. The molecule has 2 saturated heterocycles. The Kier molecular flexibility index (Phi) is 5.05. The highest BCUT2D eigenvalue weighted by atomic mass is 35.5. The summed E-state index contributed by atoms with van der Waals surface area (Å²) in [6.07, 6.45) is 5.22. The van der Waals surface area contributed by atoms with Crippen LogP contribution in [0.3, 0.4) is 0 Å². The summed E-state index contributed by atoms with van der Waals surface area (Å²) < 4.78 is 2.56. The lowest BCUT2D eigenvalue weighted by molar-refractivity contribution is 0.179. The van der Waals surface area contributed by atoms with E-state index in [4.69, 9.17) is 16.6 Å². The molecule has 28 heavy (non-hydrogen) atoms. The average Bonchev–Trinajstić information content (AvgIpc) is 3.38. The topological polar surface area (TPSA) is 46.0 Å². The van der Waals surface area contributed by atoms with Gasteiger partial charge in [-0.15, -0.1) is 0 Å². The largest absolute Gasteiger partial charge is 0.324 e. The number of hydrogen-bond donors (Lipinski definition) is 1. The highest BCUT2D eigenvalue weighted by molar-refractivity contribution is 6.30. The molecule has 0 saturated carbocycles. The summed E-state index contributed by atoms with van der Waals surface area (Å²) in [5.74, 6) is 1.81. The van der Waals surface area contributed by atoms with Crippen LogP contribution in [0.4, 0.5) is 0 Å². The molecule has 0 aliphatic carbocycles. The highest BCUT2D eigenvalue weighted by Gasteiger charge is 2.29. The van der Waals surface area contributed by atoms with Crippen molar-refractivity contribution in [3.05, 3.63) is 59.1 Å². The molecule has 0 radical (unpaired) electrons. The Balaban J connectivity index is 1.37. The number of nitrogens with one attached hydrogen (secondary N) is 1. The summed E-state index contributed by atoms with van der Waals surface area (Å²) in [5, 5.41) is 4.13. The van der Waals surface area contributed by atoms with E-state index in [2.05, 4.69) is 50.1 Å². The van der Waals surface area contributed by atoms with Crippen LogP contribution in [0.15, 0.2) is 42.6 Å². The zero-order chi connectivity index (χ0) is 18.9. The van der Waals surface area contributed by atoms with E-state index in [1.807, 2.05) is 6.07 Å². The SMILES string of the molecule is Clc1ncccc1CN1CCC(n2c([C@@H]3CCNC3)nc3ccccc32)CC1. The van der Waals surface area contributed by atoms with Crippen molar-refractivity contribution in [3.63, 3.8) is 0 Å². The maximum atomic E-state index is 6.26. The lowest BCUT2D eigenvalue weighted by Crippen LogP contribution is -2.35.